The molecule has 170 valence electrons. The summed E-state index contributed by atoms with van der Waals surface area (Å²) in [6, 6.07) is 15.2. The smallest absolute Gasteiger partial charge is 0.413 e. The summed E-state index contributed by atoms with van der Waals surface area (Å²) >= 11 is 1.17. The van der Waals surface area contributed by atoms with Gasteiger partial charge in [-0.2, -0.15) is 0 Å². The molecule has 4 rings (SSSR count). The van der Waals surface area contributed by atoms with E-state index >= 15 is 0 Å². The lowest BCUT2D eigenvalue weighted by atomic mass is 9.98. The number of aliphatic carboxylic acids is 1. The Balaban J connectivity index is 1.33. The monoisotopic (exact) mass is 465 g/mol. The van der Waals surface area contributed by atoms with Crippen LogP contribution in [-0.2, 0) is 20.7 Å². The summed E-state index contributed by atoms with van der Waals surface area (Å²) in [5, 5.41) is 16.0. The topological polar surface area (TPSA) is 118 Å². The Kier molecular flexibility index (Phi) is 6.69. The first kappa shape index (κ1) is 22.5. The number of ether oxygens (including phenoxy) is 1. The number of hydrogen-bond donors (Lipinski definition) is 3. The van der Waals surface area contributed by atoms with E-state index in [1.165, 1.54) is 11.3 Å². The van der Waals surface area contributed by atoms with Crippen molar-refractivity contribution in [2.45, 2.75) is 31.7 Å². The minimum Gasteiger partial charge on any atom is -0.480 e. The molecule has 9 heteroatoms. The fraction of sp³-hybridized carbons (Fsp3) is 0.250. The van der Waals surface area contributed by atoms with Crippen LogP contribution in [0.5, 0.6) is 0 Å². The molecular formula is C24H23N3O5S. The SMILES string of the molecule is CCC(NC(=O)Cc1csc(NC(=O)OCC2c3ccccc3-c3ccccc32)n1)C(=O)O. The number of nitrogens with zero attached hydrogens (tertiary/aromatic N) is 1. The van der Waals surface area contributed by atoms with E-state index in [0.29, 0.717) is 10.8 Å². The number of carboxylic acid groups (broad SMARTS) is 1. The number of carbonyl (C=O) groups is 3. The fourth-order valence-corrected chi connectivity index (χ4v) is 4.61. The molecule has 1 aromatic heterocycles. The van der Waals surface area contributed by atoms with Gasteiger partial charge in [0.15, 0.2) is 5.13 Å². The zero-order valence-electron chi connectivity index (χ0n) is 17.9. The molecule has 1 atom stereocenters. The number of hydrogen-bond acceptors (Lipinski definition) is 6. The maximum atomic E-state index is 12.4. The molecular weight excluding hydrogens is 442 g/mol. The second-order valence-electron chi connectivity index (χ2n) is 7.64. The molecule has 0 saturated carbocycles. The number of amides is 2. The highest BCUT2D eigenvalue weighted by atomic mass is 32.1. The second-order valence-corrected chi connectivity index (χ2v) is 8.50. The maximum Gasteiger partial charge on any atom is 0.413 e. The molecule has 1 aliphatic carbocycles. The van der Waals surface area contributed by atoms with Crippen LogP contribution in [0.4, 0.5) is 9.93 Å². The van der Waals surface area contributed by atoms with Gasteiger partial charge < -0.3 is 15.2 Å². The van der Waals surface area contributed by atoms with Crippen molar-refractivity contribution < 1.29 is 24.2 Å². The summed E-state index contributed by atoms with van der Waals surface area (Å²) in [5.74, 6) is -1.57. The van der Waals surface area contributed by atoms with Crippen LogP contribution in [0.2, 0.25) is 0 Å². The Bertz CT molecular complexity index is 1150. The van der Waals surface area contributed by atoms with Crippen LogP contribution in [0.1, 0.15) is 36.1 Å². The zero-order chi connectivity index (χ0) is 23.4. The summed E-state index contributed by atoms with van der Waals surface area (Å²) in [4.78, 5) is 39.7. The Morgan fingerprint density at radius 3 is 2.33 bits per heavy atom. The Hall–Kier alpha value is -3.72. The predicted octanol–water partition coefficient (Wildman–Crippen LogP) is 4.03. The molecule has 0 bridgehead atoms. The second kappa shape index (κ2) is 9.83. The number of carboxylic acids is 1. The molecule has 1 aliphatic rings. The summed E-state index contributed by atoms with van der Waals surface area (Å²) in [5.41, 5.74) is 4.99. The lowest BCUT2D eigenvalue weighted by Gasteiger charge is -2.14. The largest absolute Gasteiger partial charge is 0.480 e. The predicted molar refractivity (Wildman–Crippen MR) is 124 cm³/mol. The molecule has 3 N–H and O–H groups in total. The van der Waals surface area contributed by atoms with E-state index in [0.717, 1.165) is 22.3 Å². The van der Waals surface area contributed by atoms with Crippen LogP contribution in [-0.4, -0.2) is 40.7 Å². The van der Waals surface area contributed by atoms with Gasteiger partial charge in [-0.3, -0.25) is 10.1 Å². The number of aromatic nitrogens is 1. The van der Waals surface area contributed by atoms with E-state index in [4.69, 9.17) is 9.84 Å². The third kappa shape index (κ3) is 5.04. The van der Waals surface area contributed by atoms with Gasteiger partial charge in [0.25, 0.3) is 0 Å². The van der Waals surface area contributed by atoms with E-state index in [2.05, 4.69) is 27.8 Å². The molecule has 0 saturated heterocycles. The van der Waals surface area contributed by atoms with Crippen molar-refractivity contribution in [3.8, 4) is 11.1 Å². The quantitative estimate of drug-likeness (QED) is 0.462. The highest BCUT2D eigenvalue weighted by Gasteiger charge is 2.29. The van der Waals surface area contributed by atoms with Gasteiger partial charge in [-0.25, -0.2) is 14.6 Å². The third-order valence-corrected chi connectivity index (χ3v) is 6.29. The number of thiazole rings is 1. The number of fused-ring (bicyclic) bond motifs is 3. The molecule has 0 spiro atoms. The van der Waals surface area contributed by atoms with E-state index in [-0.39, 0.29) is 25.4 Å². The first-order chi connectivity index (χ1) is 16.0. The van der Waals surface area contributed by atoms with Gasteiger partial charge in [0, 0.05) is 11.3 Å². The summed E-state index contributed by atoms with van der Waals surface area (Å²) in [6.07, 6.45) is -0.418. The van der Waals surface area contributed by atoms with Crippen molar-refractivity contribution in [1.82, 2.24) is 10.3 Å². The van der Waals surface area contributed by atoms with Crippen LogP contribution in [0, 0.1) is 0 Å². The van der Waals surface area contributed by atoms with E-state index in [1.807, 2.05) is 36.4 Å². The van der Waals surface area contributed by atoms with Crippen LogP contribution in [0.25, 0.3) is 11.1 Å². The van der Waals surface area contributed by atoms with Crippen LogP contribution in [0.15, 0.2) is 53.9 Å². The van der Waals surface area contributed by atoms with Crippen LogP contribution in [0.3, 0.4) is 0 Å². The molecule has 1 unspecified atom stereocenters. The standard InChI is InChI=1S/C24H23N3O5S/c1-2-20(22(29)30)26-21(28)11-14-13-33-23(25-14)27-24(31)32-12-19-17-9-5-3-7-15(17)16-8-4-6-10-18(16)19/h3-10,13,19-20H,2,11-12H2,1H3,(H,26,28)(H,29,30)(H,25,27,31). The zero-order valence-corrected chi connectivity index (χ0v) is 18.7. The minimum absolute atomic E-state index is 0.0422. The van der Waals surface area contributed by atoms with Crippen molar-refractivity contribution in [3.63, 3.8) is 0 Å². The van der Waals surface area contributed by atoms with Gasteiger partial charge in [0.2, 0.25) is 5.91 Å². The number of carbonyl (C=O) groups excluding carboxylic acids is 2. The van der Waals surface area contributed by atoms with Crippen molar-refractivity contribution >= 4 is 34.4 Å². The Labute approximate surface area is 194 Å². The lowest BCUT2D eigenvalue weighted by molar-refractivity contribution is -0.141. The summed E-state index contributed by atoms with van der Waals surface area (Å²) in [7, 11) is 0. The fourth-order valence-electron chi connectivity index (χ4n) is 3.92. The van der Waals surface area contributed by atoms with Crippen molar-refractivity contribution in [1.29, 1.82) is 0 Å². The van der Waals surface area contributed by atoms with Gasteiger partial charge in [-0.15, -0.1) is 11.3 Å². The molecule has 0 radical (unpaired) electrons. The molecule has 2 aromatic carbocycles. The average Bonchev–Trinajstić information content (AvgIpc) is 3.37. The molecule has 0 fully saturated rings. The van der Waals surface area contributed by atoms with Gasteiger partial charge in [0.1, 0.15) is 12.6 Å². The van der Waals surface area contributed by atoms with Crippen molar-refractivity contribution in [2.24, 2.45) is 0 Å². The molecule has 33 heavy (non-hydrogen) atoms. The minimum atomic E-state index is -1.08. The lowest BCUT2D eigenvalue weighted by Crippen LogP contribution is -2.41. The molecule has 0 aliphatic heterocycles. The first-order valence-electron chi connectivity index (χ1n) is 10.5. The molecule has 8 nitrogen and oxygen atoms in total. The Morgan fingerprint density at radius 1 is 1.09 bits per heavy atom. The molecule has 1 heterocycles. The van der Waals surface area contributed by atoms with Gasteiger partial charge >= 0.3 is 12.1 Å². The number of nitrogens with one attached hydrogen (secondary N) is 2. The molecule has 2 amide bonds. The summed E-state index contributed by atoms with van der Waals surface area (Å²) in [6.45, 7) is 1.87. The van der Waals surface area contributed by atoms with Crippen LogP contribution < -0.4 is 10.6 Å². The Morgan fingerprint density at radius 2 is 1.73 bits per heavy atom. The van der Waals surface area contributed by atoms with Gasteiger partial charge in [0.05, 0.1) is 12.1 Å². The molecule has 3 aromatic rings. The van der Waals surface area contributed by atoms with E-state index < -0.39 is 24.0 Å². The van der Waals surface area contributed by atoms with E-state index in [1.54, 1.807) is 12.3 Å². The highest BCUT2D eigenvalue weighted by molar-refractivity contribution is 7.13. The summed E-state index contributed by atoms with van der Waals surface area (Å²) < 4.78 is 5.50. The van der Waals surface area contributed by atoms with Crippen molar-refractivity contribution in [3.05, 3.63) is 70.7 Å². The first-order valence-corrected chi connectivity index (χ1v) is 11.4. The maximum absolute atomic E-state index is 12.4. The van der Waals surface area contributed by atoms with E-state index in [9.17, 15) is 14.4 Å². The van der Waals surface area contributed by atoms with Gasteiger partial charge in [-0.1, -0.05) is 55.5 Å². The van der Waals surface area contributed by atoms with Crippen molar-refractivity contribution in [2.75, 3.05) is 11.9 Å². The normalized spacial score (nSPS) is 13.0. The van der Waals surface area contributed by atoms with Crippen LogP contribution >= 0.6 is 11.3 Å². The third-order valence-electron chi connectivity index (χ3n) is 5.49. The number of benzene rings is 2. The number of anilines is 1. The number of rotatable bonds is 8. The van der Waals surface area contributed by atoms with Gasteiger partial charge in [-0.05, 0) is 28.7 Å². The average molecular weight is 466 g/mol. The highest BCUT2D eigenvalue weighted by Crippen LogP contribution is 2.44.